The summed E-state index contributed by atoms with van der Waals surface area (Å²) >= 11 is 1.42. The van der Waals surface area contributed by atoms with E-state index in [4.69, 9.17) is 10.2 Å². The molecule has 3 aromatic rings. The van der Waals surface area contributed by atoms with Crippen molar-refractivity contribution in [3.05, 3.63) is 74.6 Å². The number of hydrogen-bond donors (Lipinski definition) is 1. The highest BCUT2D eigenvalue weighted by molar-refractivity contribution is 8.13. The second-order valence-corrected chi connectivity index (χ2v) is 7.56. The molecule has 3 rings (SSSR count). The number of fused-ring (bicyclic) bond motifs is 1. The Morgan fingerprint density at radius 2 is 1.77 bits per heavy atom. The third kappa shape index (κ3) is 3.99. The number of aryl methyl sites for hydroxylation is 4. The van der Waals surface area contributed by atoms with E-state index in [0.29, 0.717) is 16.5 Å². The monoisotopic (exact) mass is 366 g/mol. The molecule has 1 aromatic heterocycles. The van der Waals surface area contributed by atoms with Gasteiger partial charge in [0.05, 0.1) is 5.69 Å². The summed E-state index contributed by atoms with van der Waals surface area (Å²) in [6.45, 7) is 8.04. The van der Waals surface area contributed by atoms with Crippen molar-refractivity contribution in [1.82, 2.24) is 0 Å². The van der Waals surface area contributed by atoms with Crippen LogP contribution in [0.1, 0.15) is 27.8 Å². The van der Waals surface area contributed by atoms with Gasteiger partial charge in [-0.1, -0.05) is 30.0 Å². The van der Waals surface area contributed by atoms with E-state index >= 15 is 0 Å². The van der Waals surface area contributed by atoms with Gasteiger partial charge in [0.15, 0.2) is 5.17 Å². The Hall–Kier alpha value is -2.53. The van der Waals surface area contributed by atoms with Gasteiger partial charge in [-0.2, -0.15) is 0 Å². The van der Waals surface area contributed by atoms with Crippen molar-refractivity contribution < 1.29 is 4.42 Å². The molecule has 2 aromatic carbocycles. The molecule has 0 fully saturated rings. The number of nitrogens with two attached hydrogens (primary N) is 1. The highest BCUT2D eigenvalue weighted by atomic mass is 32.2. The molecular weight excluding hydrogens is 344 g/mol. The molecular formula is C21H22N2O2S. The van der Waals surface area contributed by atoms with Crippen LogP contribution in [-0.2, 0) is 5.75 Å². The van der Waals surface area contributed by atoms with E-state index in [1.807, 2.05) is 52.0 Å². The first-order chi connectivity index (χ1) is 12.3. The summed E-state index contributed by atoms with van der Waals surface area (Å²) in [5, 5.41) is 1.42. The molecule has 4 nitrogen and oxygen atoms in total. The van der Waals surface area contributed by atoms with Crippen LogP contribution in [0.15, 0.2) is 50.6 Å². The van der Waals surface area contributed by atoms with Crippen molar-refractivity contribution in [2.24, 2.45) is 10.7 Å². The lowest BCUT2D eigenvalue weighted by atomic mass is 10.0. The minimum atomic E-state index is -0.341. The number of amidine groups is 1. The van der Waals surface area contributed by atoms with E-state index < -0.39 is 0 Å². The number of thioether (sulfide) groups is 1. The summed E-state index contributed by atoms with van der Waals surface area (Å²) < 4.78 is 5.42. The Balaban J connectivity index is 1.88. The fourth-order valence-corrected chi connectivity index (χ4v) is 3.68. The molecule has 2 N–H and O–H groups in total. The van der Waals surface area contributed by atoms with Gasteiger partial charge < -0.3 is 10.2 Å². The maximum Gasteiger partial charge on any atom is 0.336 e. The molecule has 0 atom stereocenters. The van der Waals surface area contributed by atoms with E-state index in [-0.39, 0.29) is 5.63 Å². The molecule has 0 bridgehead atoms. The molecule has 0 radical (unpaired) electrons. The quantitative estimate of drug-likeness (QED) is 0.406. The Kier molecular flexibility index (Phi) is 5.18. The van der Waals surface area contributed by atoms with Crippen LogP contribution in [0.2, 0.25) is 0 Å². The van der Waals surface area contributed by atoms with E-state index in [1.165, 1.54) is 17.8 Å². The predicted molar refractivity (Wildman–Crippen MR) is 110 cm³/mol. The van der Waals surface area contributed by atoms with Crippen LogP contribution in [0.5, 0.6) is 0 Å². The lowest BCUT2D eigenvalue weighted by Gasteiger charge is -2.09. The van der Waals surface area contributed by atoms with Gasteiger partial charge in [0.25, 0.3) is 0 Å². The number of aliphatic imine (C=N–C) groups is 1. The van der Waals surface area contributed by atoms with Gasteiger partial charge in [0, 0.05) is 17.2 Å². The zero-order valence-corrected chi connectivity index (χ0v) is 16.2. The van der Waals surface area contributed by atoms with Gasteiger partial charge in [0.1, 0.15) is 5.58 Å². The summed E-state index contributed by atoms with van der Waals surface area (Å²) in [5.41, 5.74) is 12.6. The molecule has 0 aliphatic heterocycles. The van der Waals surface area contributed by atoms with Gasteiger partial charge in [-0.25, -0.2) is 9.79 Å². The number of benzene rings is 2. The SMILES string of the molecule is Cc1cc(C)cc(N=C(N)SCc2cc(=O)oc3c(C)c(C)ccc23)c1. The second kappa shape index (κ2) is 7.38. The highest BCUT2D eigenvalue weighted by Crippen LogP contribution is 2.26. The molecule has 1 heterocycles. The maximum absolute atomic E-state index is 11.9. The number of rotatable bonds is 3. The highest BCUT2D eigenvalue weighted by Gasteiger charge is 2.10. The minimum Gasteiger partial charge on any atom is -0.422 e. The Morgan fingerprint density at radius 1 is 1.08 bits per heavy atom. The van der Waals surface area contributed by atoms with Gasteiger partial charge >= 0.3 is 5.63 Å². The van der Waals surface area contributed by atoms with E-state index in [1.54, 1.807) is 0 Å². The van der Waals surface area contributed by atoms with Gasteiger partial charge in [-0.3, -0.25) is 0 Å². The Morgan fingerprint density at radius 3 is 2.46 bits per heavy atom. The number of hydrogen-bond acceptors (Lipinski definition) is 4. The molecule has 134 valence electrons. The third-order valence-corrected chi connectivity index (χ3v) is 5.18. The molecule has 26 heavy (non-hydrogen) atoms. The fraction of sp³-hybridized carbons (Fsp3) is 0.238. The van der Waals surface area contributed by atoms with Crippen LogP contribution in [0.3, 0.4) is 0 Å². The standard InChI is InChI=1S/C21H22N2O2S/c1-12-7-13(2)9-17(8-12)23-21(22)26-11-16-10-19(24)25-20-15(4)14(3)5-6-18(16)20/h5-10H,11H2,1-4H3,(H2,22,23). The van der Waals surface area contributed by atoms with E-state index in [0.717, 1.165) is 38.9 Å². The maximum atomic E-state index is 11.9. The van der Waals surface area contributed by atoms with Crippen molar-refractivity contribution in [2.75, 3.05) is 0 Å². The average molecular weight is 366 g/mol. The smallest absolute Gasteiger partial charge is 0.336 e. The van der Waals surface area contributed by atoms with Crippen molar-refractivity contribution in [3.63, 3.8) is 0 Å². The van der Waals surface area contributed by atoms with Crippen LogP contribution in [0.25, 0.3) is 11.0 Å². The minimum absolute atomic E-state index is 0.341. The van der Waals surface area contributed by atoms with Crippen LogP contribution >= 0.6 is 11.8 Å². The second-order valence-electron chi connectivity index (χ2n) is 6.56. The zero-order valence-electron chi connectivity index (χ0n) is 15.4. The molecule has 0 aliphatic carbocycles. The first kappa shape index (κ1) is 18.3. The largest absolute Gasteiger partial charge is 0.422 e. The normalized spacial score (nSPS) is 11.9. The molecule has 0 saturated carbocycles. The zero-order chi connectivity index (χ0) is 18.8. The molecule has 0 amide bonds. The lowest BCUT2D eigenvalue weighted by Crippen LogP contribution is -2.08. The summed E-state index contributed by atoms with van der Waals surface area (Å²) in [4.78, 5) is 16.4. The van der Waals surface area contributed by atoms with Crippen molar-refractivity contribution >= 4 is 33.6 Å². The molecule has 0 saturated heterocycles. The predicted octanol–water partition coefficient (Wildman–Crippen LogP) is 4.91. The first-order valence-corrected chi connectivity index (χ1v) is 9.40. The summed E-state index contributed by atoms with van der Waals surface area (Å²) in [5.74, 6) is 0.560. The van der Waals surface area contributed by atoms with Gasteiger partial charge in [-0.05, 0) is 67.6 Å². The average Bonchev–Trinajstić information content (AvgIpc) is 2.55. The lowest BCUT2D eigenvalue weighted by molar-refractivity contribution is 0.557. The van der Waals surface area contributed by atoms with Gasteiger partial charge in [0.2, 0.25) is 0 Å². The van der Waals surface area contributed by atoms with Crippen molar-refractivity contribution in [2.45, 2.75) is 33.4 Å². The topological polar surface area (TPSA) is 68.6 Å². The number of nitrogens with zero attached hydrogens (tertiary/aromatic N) is 1. The first-order valence-electron chi connectivity index (χ1n) is 8.41. The van der Waals surface area contributed by atoms with Gasteiger partial charge in [-0.15, -0.1) is 0 Å². The fourth-order valence-electron chi connectivity index (χ4n) is 2.97. The summed E-state index contributed by atoms with van der Waals surface area (Å²) in [6.07, 6.45) is 0. The van der Waals surface area contributed by atoms with Crippen LogP contribution in [0.4, 0.5) is 5.69 Å². The van der Waals surface area contributed by atoms with Crippen LogP contribution < -0.4 is 11.4 Å². The third-order valence-electron chi connectivity index (χ3n) is 4.34. The summed E-state index contributed by atoms with van der Waals surface area (Å²) in [6, 6.07) is 11.7. The van der Waals surface area contributed by atoms with Crippen molar-refractivity contribution in [1.29, 1.82) is 0 Å². The molecule has 0 spiro atoms. The Labute approximate surface area is 157 Å². The summed E-state index contributed by atoms with van der Waals surface area (Å²) in [7, 11) is 0. The molecule has 0 unspecified atom stereocenters. The molecule has 5 heteroatoms. The molecule has 0 aliphatic rings. The van der Waals surface area contributed by atoms with E-state index in [9.17, 15) is 4.79 Å². The Bertz CT molecular complexity index is 1050. The van der Waals surface area contributed by atoms with Crippen LogP contribution in [0, 0.1) is 27.7 Å². The van der Waals surface area contributed by atoms with Crippen molar-refractivity contribution in [3.8, 4) is 0 Å². The van der Waals surface area contributed by atoms with Crippen LogP contribution in [-0.4, -0.2) is 5.17 Å². The van der Waals surface area contributed by atoms with E-state index in [2.05, 4.69) is 11.1 Å².